The number of nitrogens with zero attached hydrogens (tertiary/aromatic N) is 3. The van der Waals surface area contributed by atoms with Gasteiger partial charge in [0.05, 0.1) is 5.69 Å². The summed E-state index contributed by atoms with van der Waals surface area (Å²) in [4.78, 5) is 13.1. The highest BCUT2D eigenvalue weighted by Gasteiger charge is 2.24. The second-order valence-electron chi connectivity index (χ2n) is 5.12. The molecule has 2 aromatic carbocycles. The summed E-state index contributed by atoms with van der Waals surface area (Å²) in [6.45, 7) is 0. The molecule has 1 atom stereocenters. The predicted molar refractivity (Wildman–Crippen MR) is 83.3 cm³/mol. The van der Waals surface area contributed by atoms with Gasteiger partial charge in [-0.25, -0.2) is 14.4 Å². The van der Waals surface area contributed by atoms with E-state index < -0.39 is 6.04 Å². The molecule has 0 N–H and O–H groups in total. The molecule has 0 saturated carbocycles. The van der Waals surface area contributed by atoms with Crippen LogP contribution in [0.3, 0.4) is 0 Å². The fourth-order valence-corrected chi connectivity index (χ4v) is 2.77. The predicted octanol–water partition coefficient (Wildman–Crippen LogP) is 3.80. The Bertz CT molecular complexity index is 873. The van der Waals surface area contributed by atoms with E-state index in [4.69, 9.17) is 0 Å². The summed E-state index contributed by atoms with van der Waals surface area (Å²) in [5.74, 6) is -0.273. The maximum atomic E-state index is 14.2. The first-order chi connectivity index (χ1) is 10.8. The van der Waals surface area contributed by atoms with Crippen molar-refractivity contribution in [1.82, 2.24) is 9.97 Å². The third-order valence-corrected chi connectivity index (χ3v) is 3.81. The summed E-state index contributed by atoms with van der Waals surface area (Å²) in [6.07, 6.45) is 5.02. The van der Waals surface area contributed by atoms with E-state index in [1.54, 1.807) is 24.5 Å². The molecule has 1 aliphatic heterocycles. The van der Waals surface area contributed by atoms with E-state index in [1.807, 2.05) is 30.3 Å². The van der Waals surface area contributed by atoms with Gasteiger partial charge in [-0.15, -0.1) is 0 Å². The standard InChI is InChI=1S/C18H12FN3/c19-16-8-4-3-7-14(16)18-15-10-20-11-22-17(15)13-6-2-1-5-12(13)9-21-18/h1-11,18H. The van der Waals surface area contributed by atoms with E-state index in [1.165, 1.54) is 12.4 Å². The summed E-state index contributed by atoms with van der Waals surface area (Å²) in [6, 6.07) is 14.1. The molecule has 0 fully saturated rings. The molecular formula is C18H12FN3. The number of halogens is 1. The molecule has 1 aromatic heterocycles. The van der Waals surface area contributed by atoms with Gasteiger partial charge in [0.1, 0.15) is 18.2 Å². The van der Waals surface area contributed by atoms with Crippen LogP contribution >= 0.6 is 0 Å². The zero-order valence-electron chi connectivity index (χ0n) is 11.6. The summed E-state index contributed by atoms with van der Waals surface area (Å²) in [7, 11) is 0. The Morgan fingerprint density at radius 3 is 2.64 bits per heavy atom. The molecule has 0 spiro atoms. The molecule has 0 aliphatic carbocycles. The van der Waals surface area contributed by atoms with Crippen LogP contribution in [0.25, 0.3) is 11.3 Å². The molecule has 106 valence electrons. The SMILES string of the molecule is Fc1ccccc1C1N=Cc2ccccc2-c2ncncc21. The molecule has 0 radical (unpaired) electrons. The van der Waals surface area contributed by atoms with Crippen LogP contribution in [0.15, 0.2) is 66.0 Å². The van der Waals surface area contributed by atoms with Crippen molar-refractivity contribution in [3.05, 3.63) is 83.6 Å². The fourth-order valence-electron chi connectivity index (χ4n) is 2.77. The molecule has 3 aromatic rings. The zero-order chi connectivity index (χ0) is 14.9. The van der Waals surface area contributed by atoms with Crippen LogP contribution in [-0.2, 0) is 0 Å². The van der Waals surface area contributed by atoms with Crippen LogP contribution in [0, 0.1) is 5.82 Å². The summed E-state index contributed by atoms with van der Waals surface area (Å²) >= 11 is 0. The van der Waals surface area contributed by atoms with Crippen molar-refractivity contribution >= 4 is 6.21 Å². The lowest BCUT2D eigenvalue weighted by atomic mass is 9.95. The van der Waals surface area contributed by atoms with Crippen molar-refractivity contribution in [3.8, 4) is 11.3 Å². The van der Waals surface area contributed by atoms with Crippen molar-refractivity contribution in [3.63, 3.8) is 0 Å². The molecule has 0 bridgehead atoms. The molecule has 22 heavy (non-hydrogen) atoms. The Hall–Kier alpha value is -2.88. The molecule has 3 nitrogen and oxygen atoms in total. The maximum Gasteiger partial charge on any atom is 0.128 e. The largest absolute Gasteiger partial charge is 0.279 e. The zero-order valence-corrected chi connectivity index (χ0v) is 11.6. The molecule has 1 aliphatic rings. The number of hydrogen-bond acceptors (Lipinski definition) is 3. The van der Waals surface area contributed by atoms with Crippen molar-refractivity contribution < 1.29 is 4.39 Å². The molecule has 4 rings (SSSR count). The van der Waals surface area contributed by atoms with Gasteiger partial charge in [0.2, 0.25) is 0 Å². The molecule has 0 amide bonds. The quantitative estimate of drug-likeness (QED) is 0.683. The average Bonchev–Trinajstić information content (AvgIpc) is 2.73. The minimum atomic E-state index is -0.440. The number of benzene rings is 2. The highest BCUT2D eigenvalue weighted by molar-refractivity contribution is 5.92. The van der Waals surface area contributed by atoms with E-state index in [-0.39, 0.29) is 5.82 Å². The van der Waals surface area contributed by atoms with Crippen molar-refractivity contribution in [2.45, 2.75) is 6.04 Å². The van der Waals surface area contributed by atoms with Gasteiger partial charge in [-0.2, -0.15) is 0 Å². The minimum Gasteiger partial charge on any atom is -0.279 e. The van der Waals surface area contributed by atoms with E-state index in [0.29, 0.717) is 5.56 Å². The first-order valence-corrected chi connectivity index (χ1v) is 7.01. The fraction of sp³-hybridized carbons (Fsp3) is 0.0556. The third-order valence-electron chi connectivity index (χ3n) is 3.81. The highest BCUT2D eigenvalue weighted by Crippen LogP contribution is 2.36. The normalized spacial score (nSPS) is 15.8. The first kappa shape index (κ1) is 12.8. The summed E-state index contributed by atoms with van der Waals surface area (Å²) in [5, 5.41) is 0. The van der Waals surface area contributed by atoms with Crippen molar-refractivity contribution in [2.75, 3.05) is 0 Å². The van der Waals surface area contributed by atoms with Crippen molar-refractivity contribution in [1.29, 1.82) is 0 Å². The lowest BCUT2D eigenvalue weighted by Crippen LogP contribution is -2.04. The van der Waals surface area contributed by atoms with Gasteiger partial charge in [0.25, 0.3) is 0 Å². The number of hydrogen-bond donors (Lipinski definition) is 0. The number of aromatic nitrogens is 2. The highest BCUT2D eigenvalue weighted by atomic mass is 19.1. The van der Waals surface area contributed by atoms with Gasteiger partial charge in [0, 0.05) is 34.7 Å². The van der Waals surface area contributed by atoms with Crippen LogP contribution in [0.1, 0.15) is 22.7 Å². The number of aliphatic imine (C=N–C) groups is 1. The molecule has 4 heteroatoms. The van der Waals surface area contributed by atoms with Gasteiger partial charge in [-0.3, -0.25) is 4.99 Å². The van der Waals surface area contributed by atoms with Gasteiger partial charge < -0.3 is 0 Å². The number of fused-ring (bicyclic) bond motifs is 3. The lowest BCUT2D eigenvalue weighted by Gasteiger charge is -2.15. The Morgan fingerprint density at radius 2 is 1.73 bits per heavy atom. The lowest BCUT2D eigenvalue weighted by molar-refractivity contribution is 0.600. The Morgan fingerprint density at radius 1 is 0.909 bits per heavy atom. The Labute approximate surface area is 127 Å². The summed E-state index contributed by atoms with van der Waals surface area (Å²) in [5.41, 5.74) is 4.11. The monoisotopic (exact) mass is 289 g/mol. The molecule has 1 unspecified atom stereocenters. The van der Waals surface area contributed by atoms with Crippen LogP contribution in [0.2, 0.25) is 0 Å². The molecular weight excluding hydrogens is 277 g/mol. The molecule has 2 heterocycles. The van der Waals surface area contributed by atoms with Gasteiger partial charge in [0.15, 0.2) is 0 Å². The van der Waals surface area contributed by atoms with Gasteiger partial charge in [-0.1, -0.05) is 42.5 Å². The van der Waals surface area contributed by atoms with Gasteiger partial charge in [-0.05, 0) is 6.07 Å². The first-order valence-electron chi connectivity index (χ1n) is 7.01. The van der Waals surface area contributed by atoms with E-state index in [0.717, 1.165) is 22.4 Å². The average molecular weight is 289 g/mol. The molecule has 0 saturated heterocycles. The van der Waals surface area contributed by atoms with Crippen LogP contribution in [-0.4, -0.2) is 16.2 Å². The van der Waals surface area contributed by atoms with Crippen LogP contribution in [0.5, 0.6) is 0 Å². The van der Waals surface area contributed by atoms with Crippen molar-refractivity contribution in [2.24, 2.45) is 4.99 Å². The minimum absolute atomic E-state index is 0.273. The van der Waals surface area contributed by atoms with E-state index in [2.05, 4.69) is 15.0 Å². The van der Waals surface area contributed by atoms with Crippen LogP contribution in [0.4, 0.5) is 4.39 Å². The maximum absolute atomic E-state index is 14.2. The third kappa shape index (κ3) is 2.00. The second kappa shape index (κ2) is 5.15. The second-order valence-corrected chi connectivity index (χ2v) is 5.12. The Balaban J connectivity index is 1.99. The van der Waals surface area contributed by atoms with E-state index in [9.17, 15) is 4.39 Å². The number of rotatable bonds is 1. The smallest absolute Gasteiger partial charge is 0.128 e. The van der Waals surface area contributed by atoms with Crippen LogP contribution < -0.4 is 0 Å². The van der Waals surface area contributed by atoms with E-state index >= 15 is 0 Å². The van der Waals surface area contributed by atoms with Gasteiger partial charge >= 0.3 is 0 Å². The Kier molecular flexibility index (Phi) is 3.00. The topological polar surface area (TPSA) is 38.1 Å². The summed E-state index contributed by atoms with van der Waals surface area (Å²) < 4.78 is 14.2.